The number of nitrogens with zero attached hydrogens (tertiary/aromatic N) is 6. The number of hydrogen-bond donors (Lipinski definition) is 0. The number of likely N-dealkylation sites (N-methyl/N-ethyl adjacent to an activating group) is 1. The highest BCUT2D eigenvalue weighted by atomic mass is 35.5. The molecule has 3 rings (SSSR count). The summed E-state index contributed by atoms with van der Waals surface area (Å²) in [6.07, 6.45) is 3.57. The Balaban J connectivity index is 1.98. The lowest BCUT2D eigenvalue weighted by atomic mass is 10.3. The van der Waals surface area contributed by atoms with E-state index in [1.807, 2.05) is 7.05 Å². The lowest BCUT2D eigenvalue weighted by Crippen LogP contribution is -2.22. The van der Waals surface area contributed by atoms with Crippen LogP contribution in [0.5, 0.6) is 5.88 Å². The predicted octanol–water partition coefficient (Wildman–Crippen LogP) is 1.31. The molecule has 0 aliphatic carbocycles. The Labute approximate surface area is 130 Å². The summed E-state index contributed by atoms with van der Waals surface area (Å²) in [6, 6.07) is 1.21. The quantitative estimate of drug-likeness (QED) is 0.617. The molecule has 9 nitrogen and oxygen atoms in total. The molecule has 1 atom stereocenters. The molecule has 1 unspecified atom stereocenters. The SMILES string of the molecule is CN1CCC(Oc2nc(-n3nccn3)c(Cl)cc2[N+](=O)[O-])C1. The molecule has 0 saturated carbocycles. The Morgan fingerprint density at radius 2 is 2.18 bits per heavy atom. The molecule has 0 aromatic carbocycles. The Bertz CT molecular complexity index is 692. The Kier molecular flexibility index (Phi) is 3.90. The monoisotopic (exact) mass is 324 g/mol. The Morgan fingerprint density at radius 1 is 1.45 bits per heavy atom. The molecule has 10 heteroatoms. The van der Waals surface area contributed by atoms with Gasteiger partial charge in [-0.25, -0.2) is 0 Å². The average molecular weight is 325 g/mol. The highest BCUT2D eigenvalue weighted by Gasteiger charge is 2.28. The first-order valence-electron chi connectivity index (χ1n) is 6.61. The van der Waals surface area contributed by atoms with E-state index in [0.29, 0.717) is 6.54 Å². The second kappa shape index (κ2) is 5.85. The van der Waals surface area contributed by atoms with Crippen LogP contribution in [0.15, 0.2) is 18.5 Å². The maximum Gasteiger partial charge on any atom is 0.332 e. The zero-order valence-corrected chi connectivity index (χ0v) is 12.5. The summed E-state index contributed by atoms with van der Waals surface area (Å²) in [6.45, 7) is 1.57. The molecule has 3 heterocycles. The molecule has 0 radical (unpaired) electrons. The highest BCUT2D eigenvalue weighted by Crippen LogP contribution is 2.32. The van der Waals surface area contributed by atoms with Gasteiger partial charge in [0.15, 0.2) is 5.82 Å². The van der Waals surface area contributed by atoms with E-state index in [-0.39, 0.29) is 28.5 Å². The average Bonchev–Trinajstić information content (AvgIpc) is 3.12. The maximum atomic E-state index is 11.2. The molecule has 0 amide bonds. The number of rotatable bonds is 4. The topological polar surface area (TPSA) is 99.2 Å². The predicted molar refractivity (Wildman–Crippen MR) is 77.3 cm³/mol. The van der Waals surface area contributed by atoms with Crippen LogP contribution in [0.1, 0.15) is 6.42 Å². The van der Waals surface area contributed by atoms with Gasteiger partial charge in [-0.1, -0.05) is 11.6 Å². The van der Waals surface area contributed by atoms with Gasteiger partial charge in [-0.2, -0.15) is 15.2 Å². The molecule has 22 heavy (non-hydrogen) atoms. The molecular weight excluding hydrogens is 312 g/mol. The molecular formula is C12H13ClN6O3. The van der Waals surface area contributed by atoms with Crippen LogP contribution in [-0.2, 0) is 0 Å². The first-order valence-corrected chi connectivity index (χ1v) is 6.99. The Morgan fingerprint density at radius 3 is 2.77 bits per heavy atom. The van der Waals surface area contributed by atoms with Crippen LogP contribution in [0.25, 0.3) is 5.82 Å². The molecule has 1 saturated heterocycles. The fourth-order valence-corrected chi connectivity index (χ4v) is 2.51. The van der Waals surface area contributed by atoms with Gasteiger partial charge in [0.1, 0.15) is 6.10 Å². The summed E-state index contributed by atoms with van der Waals surface area (Å²) >= 11 is 6.05. The van der Waals surface area contributed by atoms with Crippen molar-refractivity contribution in [3.05, 3.63) is 33.6 Å². The van der Waals surface area contributed by atoms with Gasteiger partial charge in [-0.3, -0.25) is 10.1 Å². The van der Waals surface area contributed by atoms with Crippen molar-refractivity contribution < 1.29 is 9.66 Å². The maximum absolute atomic E-state index is 11.2. The lowest BCUT2D eigenvalue weighted by molar-refractivity contribution is -0.386. The molecule has 0 bridgehead atoms. The van der Waals surface area contributed by atoms with Crippen LogP contribution in [-0.4, -0.2) is 56.0 Å². The summed E-state index contributed by atoms with van der Waals surface area (Å²) in [5.41, 5.74) is -0.268. The first-order chi connectivity index (χ1) is 10.5. The number of hydrogen-bond acceptors (Lipinski definition) is 7. The van der Waals surface area contributed by atoms with Crippen molar-refractivity contribution in [2.45, 2.75) is 12.5 Å². The van der Waals surface area contributed by atoms with Crippen LogP contribution < -0.4 is 4.74 Å². The van der Waals surface area contributed by atoms with Crippen LogP contribution in [0, 0.1) is 10.1 Å². The van der Waals surface area contributed by atoms with Crippen molar-refractivity contribution in [1.82, 2.24) is 24.9 Å². The van der Waals surface area contributed by atoms with E-state index in [2.05, 4.69) is 20.1 Å². The summed E-state index contributed by atoms with van der Waals surface area (Å²) in [7, 11) is 1.96. The fourth-order valence-electron chi connectivity index (χ4n) is 2.28. The summed E-state index contributed by atoms with van der Waals surface area (Å²) in [4.78, 5) is 18.1. The molecule has 116 valence electrons. The van der Waals surface area contributed by atoms with Crippen LogP contribution in [0.4, 0.5) is 5.69 Å². The van der Waals surface area contributed by atoms with E-state index in [1.165, 1.54) is 23.3 Å². The lowest BCUT2D eigenvalue weighted by Gasteiger charge is -2.14. The Hall–Kier alpha value is -2.26. The standard InChI is InChI=1S/C12H13ClN6O3/c1-17-5-2-8(7-17)22-12-10(19(20)21)6-9(13)11(16-12)18-14-3-4-15-18/h3-4,6,8H,2,5,7H2,1H3. The van der Waals surface area contributed by atoms with E-state index in [1.54, 1.807) is 0 Å². The number of ether oxygens (including phenoxy) is 1. The number of nitro groups is 1. The summed E-state index contributed by atoms with van der Waals surface area (Å²) in [5.74, 6) is 0.126. The molecule has 0 spiro atoms. The summed E-state index contributed by atoms with van der Waals surface area (Å²) < 4.78 is 5.71. The van der Waals surface area contributed by atoms with Gasteiger partial charge in [0.25, 0.3) is 5.88 Å². The van der Waals surface area contributed by atoms with Gasteiger partial charge in [0.05, 0.1) is 22.3 Å². The third-order valence-electron chi connectivity index (χ3n) is 3.33. The van der Waals surface area contributed by atoms with E-state index >= 15 is 0 Å². The van der Waals surface area contributed by atoms with Crippen molar-refractivity contribution >= 4 is 17.3 Å². The van der Waals surface area contributed by atoms with Crippen molar-refractivity contribution in [2.24, 2.45) is 0 Å². The number of likely N-dealkylation sites (tertiary alicyclic amines) is 1. The molecule has 1 aliphatic rings. The normalized spacial score (nSPS) is 18.5. The number of aromatic nitrogens is 4. The second-order valence-corrected chi connectivity index (χ2v) is 5.39. The van der Waals surface area contributed by atoms with Gasteiger partial charge >= 0.3 is 5.69 Å². The minimum Gasteiger partial charge on any atom is -0.468 e. The van der Waals surface area contributed by atoms with E-state index in [9.17, 15) is 10.1 Å². The fraction of sp³-hybridized carbons (Fsp3) is 0.417. The van der Waals surface area contributed by atoms with Crippen molar-refractivity contribution in [3.8, 4) is 11.7 Å². The van der Waals surface area contributed by atoms with Crippen LogP contribution in [0.3, 0.4) is 0 Å². The number of pyridine rings is 1. The van der Waals surface area contributed by atoms with Crippen molar-refractivity contribution in [1.29, 1.82) is 0 Å². The van der Waals surface area contributed by atoms with E-state index in [4.69, 9.17) is 16.3 Å². The molecule has 2 aromatic rings. The highest BCUT2D eigenvalue weighted by molar-refractivity contribution is 6.32. The van der Waals surface area contributed by atoms with Crippen molar-refractivity contribution in [2.75, 3.05) is 20.1 Å². The van der Waals surface area contributed by atoms with Gasteiger partial charge in [-0.05, 0) is 13.5 Å². The van der Waals surface area contributed by atoms with E-state index < -0.39 is 4.92 Å². The number of halogens is 1. The van der Waals surface area contributed by atoms with Gasteiger partial charge in [-0.15, -0.1) is 4.80 Å². The minimum absolute atomic E-state index is 0.0676. The van der Waals surface area contributed by atoms with E-state index in [0.717, 1.165) is 13.0 Å². The van der Waals surface area contributed by atoms with Gasteiger partial charge in [0, 0.05) is 19.2 Å². The smallest absolute Gasteiger partial charge is 0.332 e. The largest absolute Gasteiger partial charge is 0.468 e. The summed E-state index contributed by atoms with van der Waals surface area (Å²) in [5, 5.41) is 19.1. The third-order valence-corrected chi connectivity index (χ3v) is 3.61. The van der Waals surface area contributed by atoms with Gasteiger partial charge < -0.3 is 9.64 Å². The van der Waals surface area contributed by atoms with Gasteiger partial charge in [0.2, 0.25) is 0 Å². The molecule has 1 fully saturated rings. The zero-order chi connectivity index (χ0) is 15.7. The zero-order valence-electron chi connectivity index (χ0n) is 11.7. The second-order valence-electron chi connectivity index (χ2n) is 4.98. The molecule has 2 aromatic heterocycles. The molecule has 0 N–H and O–H groups in total. The van der Waals surface area contributed by atoms with Crippen LogP contribution in [0.2, 0.25) is 5.02 Å². The van der Waals surface area contributed by atoms with Crippen LogP contribution >= 0.6 is 11.6 Å². The molecule has 1 aliphatic heterocycles. The third kappa shape index (κ3) is 2.85. The minimum atomic E-state index is -0.562. The van der Waals surface area contributed by atoms with Crippen molar-refractivity contribution in [3.63, 3.8) is 0 Å². The first kappa shape index (κ1) is 14.7.